The van der Waals surface area contributed by atoms with E-state index in [9.17, 15) is 0 Å². The van der Waals surface area contributed by atoms with Gasteiger partial charge in [0.1, 0.15) is 5.75 Å². The number of aliphatic imine (C=N–C) groups is 1. The molecule has 1 heterocycles. The molecule has 0 aliphatic rings. The normalized spacial score (nSPS) is 10.8. The van der Waals surface area contributed by atoms with Gasteiger partial charge in [0.15, 0.2) is 5.96 Å². The number of hydrogen-bond donors (Lipinski definition) is 2. The summed E-state index contributed by atoms with van der Waals surface area (Å²) >= 11 is 0. The Morgan fingerprint density at radius 3 is 2.67 bits per heavy atom. The van der Waals surface area contributed by atoms with Crippen LogP contribution in [0.5, 0.6) is 5.75 Å². The molecule has 1 aromatic carbocycles. The van der Waals surface area contributed by atoms with E-state index in [0.29, 0.717) is 0 Å². The van der Waals surface area contributed by atoms with E-state index in [-0.39, 0.29) is 24.0 Å². The number of halogens is 1. The van der Waals surface area contributed by atoms with Gasteiger partial charge in [-0.15, -0.1) is 24.0 Å². The number of guanidine groups is 1. The van der Waals surface area contributed by atoms with Crippen molar-refractivity contribution in [1.29, 1.82) is 0 Å². The number of nitrogens with one attached hydrogen (secondary N) is 2. The third-order valence-electron chi connectivity index (χ3n) is 3.48. The first-order valence-corrected chi connectivity index (χ1v) is 8.07. The van der Waals surface area contributed by atoms with Crippen LogP contribution in [0.25, 0.3) is 0 Å². The lowest BCUT2D eigenvalue weighted by molar-refractivity contribution is 0.414. The molecule has 0 bridgehead atoms. The molecule has 0 radical (unpaired) electrons. The van der Waals surface area contributed by atoms with Crippen LogP contribution in [0.3, 0.4) is 0 Å². The summed E-state index contributed by atoms with van der Waals surface area (Å²) in [5.74, 6) is 1.76. The van der Waals surface area contributed by atoms with Gasteiger partial charge in [0, 0.05) is 38.6 Å². The highest BCUT2D eigenvalue weighted by Crippen LogP contribution is 2.12. The summed E-state index contributed by atoms with van der Waals surface area (Å²) in [6.07, 6.45) is 5.02. The van der Waals surface area contributed by atoms with Gasteiger partial charge in [0.25, 0.3) is 0 Å². The molecule has 0 atom stereocenters. The van der Waals surface area contributed by atoms with Gasteiger partial charge in [0.2, 0.25) is 0 Å². The number of hydrogen-bond acceptors (Lipinski definition) is 2. The van der Waals surface area contributed by atoms with Crippen molar-refractivity contribution in [3.05, 3.63) is 54.4 Å². The molecule has 0 fully saturated rings. The largest absolute Gasteiger partial charge is 0.497 e. The number of ether oxygens (including phenoxy) is 1. The van der Waals surface area contributed by atoms with Gasteiger partial charge in [-0.2, -0.15) is 0 Å². The zero-order valence-corrected chi connectivity index (χ0v) is 16.7. The highest BCUT2D eigenvalue weighted by molar-refractivity contribution is 14.0. The molecule has 0 saturated carbocycles. The minimum absolute atomic E-state index is 0. The fourth-order valence-corrected chi connectivity index (χ4v) is 2.29. The number of nitrogens with zero attached hydrogens (tertiary/aromatic N) is 2. The molecule has 0 aliphatic carbocycles. The molecular formula is C18H27IN4O. The van der Waals surface area contributed by atoms with E-state index in [1.165, 1.54) is 5.56 Å². The zero-order chi connectivity index (χ0) is 16.3. The summed E-state index contributed by atoms with van der Waals surface area (Å²) in [5, 5.41) is 6.64. The smallest absolute Gasteiger partial charge is 0.191 e. The molecule has 2 aromatic rings. The monoisotopic (exact) mass is 442 g/mol. The van der Waals surface area contributed by atoms with Gasteiger partial charge < -0.3 is 19.9 Å². The van der Waals surface area contributed by atoms with E-state index in [2.05, 4.69) is 51.6 Å². The molecule has 5 nitrogen and oxygen atoms in total. The fourth-order valence-electron chi connectivity index (χ4n) is 2.29. The first kappa shape index (κ1) is 20.3. The van der Waals surface area contributed by atoms with Crippen LogP contribution >= 0.6 is 24.0 Å². The van der Waals surface area contributed by atoms with Crippen molar-refractivity contribution < 1.29 is 4.74 Å². The molecule has 1 aromatic heterocycles. The summed E-state index contributed by atoms with van der Waals surface area (Å²) in [6, 6.07) is 12.2. The van der Waals surface area contributed by atoms with E-state index >= 15 is 0 Å². The van der Waals surface area contributed by atoms with Crippen molar-refractivity contribution in [3.63, 3.8) is 0 Å². The molecule has 132 valence electrons. The lowest BCUT2D eigenvalue weighted by Gasteiger charge is -2.12. The molecule has 24 heavy (non-hydrogen) atoms. The Morgan fingerprint density at radius 2 is 1.96 bits per heavy atom. The second-order valence-electron chi connectivity index (χ2n) is 5.21. The fraction of sp³-hybridized carbons (Fsp3) is 0.389. The maximum absolute atomic E-state index is 5.25. The Hall–Kier alpha value is -1.70. The number of rotatable bonds is 8. The Morgan fingerprint density at radius 1 is 1.17 bits per heavy atom. The van der Waals surface area contributed by atoms with Gasteiger partial charge in [-0.05, 0) is 43.2 Å². The van der Waals surface area contributed by atoms with E-state index in [1.807, 2.05) is 24.3 Å². The van der Waals surface area contributed by atoms with Crippen LogP contribution < -0.4 is 15.4 Å². The van der Waals surface area contributed by atoms with Crippen molar-refractivity contribution in [1.82, 2.24) is 15.2 Å². The van der Waals surface area contributed by atoms with Crippen LogP contribution in [0.15, 0.2) is 53.8 Å². The van der Waals surface area contributed by atoms with E-state index in [4.69, 9.17) is 4.74 Å². The van der Waals surface area contributed by atoms with E-state index in [1.54, 1.807) is 7.11 Å². The van der Waals surface area contributed by atoms with Crippen LogP contribution in [0.4, 0.5) is 0 Å². The topological polar surface area (TPSA) is 50.6 Å². The van der Waals surface area contributed by atoms with Crippen LogP contribution in [-0.2, 0) is 13.0 Å². The Bertz CT molecular complexity index is 599. The zero-order valence-electron chi connectivity index (χ0n) is 14.4. The highest BCUT2D eigenvalue weighted by atomic mass is 127. The summed E-state index contributed by atoms with van der Waals surface area (Å²) in [7, 11) is 1.69. The summed E-state index contributed by atoms with van der Waals surface area (Å²) in [6.45, 7) is 5.44. The van der Waals surface area contributed by atoms with Crippen molar-refractivity contribution in [2.75, 3.05) is 26.7 Å². The molecule has 2 rings (SSSR count). The number of benzene rings is 1. The van der Waals surface area contributed by atoms with Crippen LogP contribution in [-0.4, -0.2) is 37.3 Å². The molecular weight excluding hydrogens is 415 g/mol. The Balaban J connectivity index is 0.00000288. The van der Waals surface area contributed by atoms with Gasteiger partial charge in [-0.3, -0.25) is 4.99 Å². The van der Waals surface area contributed by atoms with Crippen molar-refractivity contribution in [2.24, 2.45) is 4.99 Å². The molecule has 2 N–H and O–H groups in total. The quantitative estimate of drug-likeness (QED) is 0.376. The second kappa shape index (κ2) is 11.8. The minimum Gasteiger partial charge on any atom is -0.497 e. The SMILES string of the molecule is CCNC(=NCCc1cccc(OC)c1)NCCn1cccc1.I. The molecule has 6 heteroatoms. The van der Waals surface area contributed by atoms with E-state index < -0.39 is 0 Å². The molecule has 0 unspecified atom stereocenters. The maximum atomic E-state index is 5.25. The second-order valence-corrected chi connectivity index (χ2v) is 5.21. The van der Waals surface area contributed by atoms with Crippen LogP contribution in [0.1, 0.15) is 12.5 Å². The lowest BCUT2D eigenvalue weighted by atomic mass is 10.1. The van der Waals surface area contributed by atoms with Crippen molar-refractivity contribution in [3.8, 4) is 5.75 Å². The summed E-state index contributed by atoms with van der Waals surface area (Å²) < 4.78 is 7.39. The van der Waals surface area contributed by atoms with Crippen LogP contribution in [0, 0.1) is 0 Å². The van der Waals surface area contributed by atoms with Gasteiger partial charge >= 0.3 is 0 Å². The molecule has 0 aliphatic heterocycles. The van der Waals surface area contributed by atoms with Crippen molar-refractivity contribution >= 4 is 29.9 Å². The predicted molar refractivity (Wildman–Crippen MR) is 111 cm³/mol. The minimum atomic E-state index is 0. The Kier molecular flexibility index (Phi) is 9.98. The van der Waals surface area contributed by atoms with Gasteiger partial charge in [0.05, 0.1) is 7.11 Å². The summed E-state index contributed by atoms with van der Waals surface area (Å²) in [4.78, 5) is 4.63. The highest BCUT2D eigenvalue weighted by Gasteiger charge is 1.99. The average Bonchev–Trinajstić information content (AvgIpc) is 3.08. The summed E-state index contributed by atoms with van der Waals surface area (Å²) in [5.41, 5.74) is 1.23. The average molecular weight is 442 g/mol. The van der Waals surface area contributed by atoms with Crippen LogP contribution in [0.2, 0.25) is 0 Å². The van der Waals surface area contributed by atoms with Gasteiger partial charge in [-0.1, -0.05) is 12.1 Å². The molecule has 0 spiro atoms. The first-order valence-electron chi connectivity index (χ1n) is 8.07. The molecule has 0 saturated heterocycles. The Labute approximate surface area is 161 Å². The number of aromatic nitrogens is 1. The maximum Gasteiger partial charge on any atom is 0.191 e. The molecule has 0 amide bonds. The lowest BCUT2D eigenvalue weighted by Crippen LogP contribution is -2.39. The number of methoxy groups -OCH3 is 1. The van der Waals surface area contributed by atoms with Gasteiger partial charge in [-0.25, -0.2) is 0 Å². The third-order valence-corrected chi connectivity index (χ3v) is 3.48. The van der Waals surface area contributed by atoms with Crippen molar-refractivity contribution in [2.45, 2.75) is 19.9 Å². The predicted octanol–water partition coefficient (Wildman–Crippen LogP) is 2.91. The third kappa shape index (κ3) is 7.25. The first-order chi connectivity index (χ1) is 11.3. The van der Waals surface area contributed by atoms with E-state index in [0.717, 1.165) is 44.3 Å². The standard InChI is InChI=1S/C18H26N4O.HI/c1-3-19-18(21-11-14-22-12-4-5-13-22)20-10-9-16-7-6-8-17(15-16)23-2;/h4-8,12-13,15H,3,9-11,14H2,1-2H3,(H2,19,20,21);1H.